The number of nitrogens with zero attached hydrogens (tertiary/aromatic N) is 2. The molecule has 2 heterocycles. The van der Waals surface area contributed by atoms with E-state index in [1.165, 1.54) is 12.1 Å². The van der Waals surface area contributed by atoms with Crippen LogP contribution < -0.4 is 5.73 Å². The summed E-state index contributed by atoms with van der Waals surface area (Å²) in [5.41, 5.74) is 5.59. The third kappa shape index (κ3) is 1.95. The first kappa shape index (κ1) is 12.1. The number of halogens is 1. The zero-order valence-electron chi connectivity index (χ0n) is 10.0. The van der Waals surface area contributed by atoms with Crippen LogP contribution in [0.4, 0.5) is 15.9 Å². The molecule has 0 saturated carbocycles. The van der Waals surface area contributed by atoms with Gasteiger partial charge in [0.15, 0.2) is 17.2 Å². The Morgan fingerprint density at radius 1 is 1.30 bits per heavy atom. The summed E-state index contributed by atoms with van der Waals surface area (Å²) >= 11 is 0. The Morgan fingerprint density at radius 3 is 2.80 bits per heavy atom. The molecule has 0 aliphatic rings. The van der Waals surface area contributed by atoms with Gasteiger partial charge in [-0.2, -0.15) is 0 Å². The van der Waals surface area contributed by atoms with Crippen LogP contribution in [0.15, 0.2) is 40.8 Å². The van der Waals surface area contributed by atoms with Crippen LogP contribution in [0.1, 0.15) is 0 Å². The molecule has 0 radical (unpaired) electrons. The quantitative estimate of drug-likeness (QED) is 0.571. The SMILES string of the molecule is Nc1cc([N+](=O)[O-])cc(-c2cc3cccc(F)c3o2)n1. The number of benzene rings is 1. The van der Waals surface area contributed by atoms with E-state index in [0.29, 0.717) is 5.39 Å². The minimum absolute atomic E-state index is 0.00451. The first-order valence-corrected chi connectivity index (χ1v) is 5.65. The van der Waals surface area contributed by atoms with E-state index >= 15 is 0 Å². The molecule has 3 rings (SSSR count). The number of nitrogens with two attached hydrogens (primary N) is 1. The molecule has 0 spiro atoms. The predicted octanol–water partition coefficient (Wildman–Crippen LogP) is 3.12. The van der Waals surface area contributed by atoms with Crippen LogP contribution in [-0.2, 0) is 0 Å². The van der Waals surface area contributed by atoms with E-state index in [4.69, 9.17) is 10.2 Å². The smallest absolute Gasteiger partial charge is 0.275 e. The number of anilines is 1. The van der Waals surface area contributed by atoms with Gasteiger partial charge in [-0.3, -0.25) is 10.1 Å². The molecule has 2 N–H and O–H groups in total. The van der Waals surface area contributed by atoms with Crippen molar-refractivity contribution in [2.45, 2.75) is 0 Å². The number of aromatic nitrogens is 1. The number of furan rings is 1. The van der Waals surface area contributed by atoms with E-state index in [-0.39, 0.29) is 28.5 Å². The van der Waals surface area contributed by atoms with Gasteiger partial charge in [0.2, 0.25) is 0 Å². The summed E-state index contributed by atoms with van der Waals surface area (Å²) in [6, 6.07) is 8.42. The van der Waals surface area contributed by atoms with Gasteiger partial charge in [0.05, 0.1) is 11.0 Å². The van der Waals surface area contributed by atoms with Gasteiger partial charge in [0.25, 0.3) is 5.69 Å². The summed E-state index contributed by atoms with van der Waals surface area (Å²) in [5, 5.41) is 11.3. The molecule has 0 atom stereocenters. The molecule has 3 aromatic rings. The second-order valence-corrected chi connectivity index (χ2v) is 4.16. The Bertz CT molecular complexity index is 829. The van der Waals surface area contributed by atoms with Gasteiger partial charge < -0.3 is 10.2 Å². The topological polar surface area (TPSA) is 95.2 Å². The summed E-state index contributed by atoms with van der Waals surface area (Å²) in [7, 11) is 0. The van der Waals surface area contributed by atoms with Gasteiger partial charge in [0, 0.05) is 11.5 Å². The lowest BCUT2D eigenvalue weighted by molar-refractivity contribution is -0.384. The molecular weight excluding hydrogens is 265 g/mol. The molecule has 0 aliphatic heterocycles. The number of hydrogen-bond donors (Lipinski definition) is 1. The lowest BCUT2D eigenvalue weighted by atomic mass is 10.2. The maximum Gasteiger partial charge on any atom is 0.275 e. The molecule has 0 unspecified atom stereocenters. The highest BCUT2D eigenvalue weighted by atomic mass is 19.1. The predicted molar refractivity (Wildman–Crippen MR) is 70.5 cm³/mol. The second-order valence-electron chi connectivity index (χ2n) is 4.16. The zero-order chi connectivity index (χ0) is 14.3. The molecule has 0 aliphatic carbocycles. The van der Waals surface area contributed by atoms with E-state index in [9.17, 15) is 14.5 Å². The minimum Gasteiger partial charge on any atom is -0.451 e. The van der Waals surface area contributed by atoms with Crippen molar-refractivity contribution < 1.29 is 13.7 Å². The highest BCUT2D eigenvalue weighted by Crippen LogP contribution is 2.30. The van der Waals surface area contributed by atoms with Crippen LogP contribution in [-0.4, -0.2) is 9.91 Å². The van der Waals surface area contributed by atoms with Crippen LogP contribution in [0.25, 0.3) is 22.4 Å². The Kier molecular flexibility index (Phi) is 2.60. The fourth-order valence-corrected chi connectivity index (χ4v) is 1.92. The summed E-state index contributed by atoms with van der Waals surface area (Å²) in [6.07, 6.45) is 0. The van der Waals surface area contributed by atoms with Crippen molar-refractivity contribution in [3.05, 3.63) is 52.3 Å². The fourth-order valence-electron chi connectivity index (χ4n) is 1.92. The third-order valence-electron chi connectivity index (χ3n) is 2.79. The van der Waals surface area contributed by atoms with Crippen molar-refractivity contribution in [3.63, 3.8) is 0 Å². The van der Waals surface area contributed by atoms with Crippen molar-refractivity contribution in [1.82, 2.24) is 4.98 Å². The number of nitrogen functional groups attached to an aromatic ring is 1. The van der Waals surface area contributed by atoms with Gasteiger partial charge in [-0.15, -0.1) is 0 Å². The number of nitro groups is 1. The normalized spacial score (nSPS) is 10.8. The summed E-state index contributed by atoms with van der Waals surface area (Å²) < 4.78 is 18.9. The zero-order valence-corrected chi connectivity index (χ0v) is 10.0. The molecule has 100 valence electrons. The molecule has 20 heavy (non-hydrogen) atoms. The Hall–Kier alpha value is -2.96. The Morgan fingerprint density at radius 2 is 2.10 bits per heavy atom. The summed E-state index contributed by atoms with van der Waals surface area (Å²) in [5.74, 6) is -0.289. The van der Waals surface area contributed by atoms with E-state index in [0.717, 1.165) is 6.07 Å². The number of rotatable bonds is 2. The van der Waals surface area contributed by atoms with E-state index in [2.05, 4.69) is 4.98 Å². The average Bonchev–Trinajstić information content (AvgIpc) is 2.83. The second kappa shape index (κ2) is 4.30. The maximum absolute atomic E-state index is 13.6. The average molecular weight is 273 g/mol. The first-order valence-electron chi connectivity index (χ1n) is 5.65. The fraction of sp³-hybridized carbons (Fsp3) is 0. The number of fused-ring (bicyclic) bond motifs is 1. The van der Waals surface area contributed by atoms with E-state index in [1.807, 2.05) is 0 Å². The monoisotopic (exact) mass is 273 g/mol. The first-order chi connectivity index (χ1) is 9.54. The van der Waals surface area contributed by atoms with Crippen LogP contribution in [0.2, 0.25) is 0 Å². The maximum atomic E-state index is 13.6. The van der Waals surface area contributed by atoms with Crippen molar-refractivity contribution in [3.8, 4) is 11.5 Å². The molecule has 0 fully saturated rings. The standard InChI is InChI=1S/C13H8FN3O3/c14-9-3-1-2-7-4-11(20-13(7)9)10-5-8(17(18)19)6-12(15)16-10/h1-6H,(H2,15,16). The molecule has 7 heteroatoms. The Labute approximate surface area is 111 Å². The van der Waals surface area contributed by atoms with E-state index < -0.39 is 10.7 Å². The van der Waals surface area contributed by atoms with Crippen molar-refractivity contribution >= 4 is 22.5 Å². The lowest BCUT2D eigenvalue weighted by Gasteiger charge is -1.98. The van der Waals surface area contributed by atoms with Crippen LogP contribution in [0, 0.1) is 15.9 Å². The molecule has 1 aromatic carbocycles. The van der Waals surface area contributed by atoms with E-state index in [1.54, 1.807) is 18.2 Å². The largest absolute Gasteiger partial charge is 0.451 e. The van der Waals surface area contributed by atoms with Crippen molar-refractivity contribution in [2.24, 2.45) is 0 Å². The van der Waals surface area contributed by atoms with Crippen molar-refractivity contribution in [2.75, 3.05) is 5.73 Å². The van der Waals surface area contributed by atoms with Gasteiger partial charge in [-0.1, -0.05) is 12.1 Å². The van der Waals surface area contributed by atoms with Gasteiger partial charge in [-0.25, -0.2) is 9.37 Å². The van der Waals surface area contributed by atoms with Gasteiger partial charge >= 0.3 is 0 Å². The molecule has 0 amide bonds. The van der Waals surface area contributed by atoms with Gasteiger partial charge in [0.1, 0.15) is 11.5 Å². The van der Waals surface area contributed by atoms with Crippen molar-refractivity contribution in [1.29, 1.82) is 0 Å². The molecule has 0 bridgehead atoms. The van der Waals surface area contributed by atoms with Gasteiger partial charge in [-0.05, 0) is 12.1 Å². The number of pyridine rings is 1. The minimum atomic E-state index is -0.579. The highest BCUT2D eigenvalue weighted by molar-refractivity contribution is 5.83. The summed E-state index contributed by atoms with van der Waals surface area (Å²) in [6.45, 7) is 0. The number of para-hydroxylation sites is 1. The lowest BCUT2D eigenvalue weighted by Crippen LogP contribution is -1.96. The molecule has 2 aromatic heterocycles. The highest BCUT2D eigenvalue weighted by Gasteiger charge is 2.15. The molecule has 0 saturated heterocycles. The van der Waals surface area contributed by atoms with Crippen LogP contribution in [0.5, 0.6) is 0 Å². The third-order valence-corrected chi connectivity index (χ3v) is 2.79. The Balaban J connectivity index is 2.20. The number of hydrogen-bond acceptors (Lipinski definition) is 5. The van der Waals surface area contributed by atoms with Crippen LogP contribution in [0.3, 0.4) is 0 Å². The molecule has 6 nitrogen and oxygen atoms in total. The molecular formula is C13H8FN3O3. The summed E-state index contributed by atoms with van der Waals surface area (Å²) in [4.78, 5) is 14.2. The van der Waals surface area contributed by atoms with Crippen LogP contribution >= 0.6 is 0 Å².